The standard InChI is InChI=1S/C11H21NO3/c13-6-2-1-3-11(14)12-9-10-4-7-15-8-5-10/h10,13H,1-9H2,(H,12,14). The summed E-state index contributed by atoms with van der Waals surface area (Å²) in [6, 6.07) is 0. The Morgan fingerprint density at radius 1 is 1.33 bits per heavy atom. The molecule has 2 N–H and O–H groups in total. The average Bonchev–Trinajstić information content (AvgIpc) is 2.28. The van der Waals surface area contributed by atoms with Crippen molar-refractivity contribution in [3.63, 3.8) is 0 Å². The molecule has 0 unspecified atom stereocenters. The van der Waals surface area contributed by atoms with Crippen LogP contribution in [0.4, 0.5) is 0 Å². The van der Waals surface area contributed by atoms with E-state index in [1.807, 2.05) is 0 Å². The van der Waals surface area contributed by atoms with Gasteiger partial charge in [0, 0.05) is 32.8 Å². The van der Waals surface area contributed by atoms with Gasteiger partial charge in [-0.2, -0.15) is 0 Å². The van der Waals surface area contributed by atoms with Crippen molar-refractivity contribution < 1.29 is 14.6 Å². The predicted octanol–water partition coefficient (Wildman–Crippen LogP) is 0.692. The fraction of sp³-hybridized carbons (Fsp3) is 0.909. The Kier molecular flexibility index (Phi) is 6.36. The maximum atomic E-state index is 11.3. The molecule has 1 aliphatic rings. The smallest absolute Gasteiger partial charge is 0.220 e. The molecule has 4 nitrogen and oxygen atoms in total. The van der Waals surface area contributed by atoms with Crippen molar-refractivity contribution in [2.45, 2.75) is 32.1 Å². The molecule has 15 heavy (non-hydrogen) atoms. The van der Waals surface area contributed by atoms with Crippen LogP contribution in [0.15, 0.2) is 0 Å². The number of carbonyl (C=O) groups is 1. The van der Waals surface area contributed by atoms with Crippen molar-refractivity contribution >= 4 is 5.91 Å². The van der Waals surface area contributed by atoms with Crippen LogP contribution in [-0.2, 0) is 9.53 Å². The summed E-state index contributed by atoms with van der Waals surface area (Å²) in [6.07, 6.45) is 4.12. The predicted molar refractivity (Wildman–Crippen MR) is 57.5 cm³/mol. The summed E-state index contributed by atoms with van der Waals surface area (Å²) in [7, 11) is 0. The highest BCUT2D eigenvalue weighted by atomic mass is 16.5. The van der Waals surface area contributed by atoms with E-state index in [9.17, 15) is 4.79 Å². The van der Waals surface area contributed by atoms with E-state index in [0.29, 0.717) is 18.8 Å². The lowest BCUT2D eigenvalue weighted by Gasteiger charge is -2.22. The molecular formula is C11H21NO3. The molecule has 88 valence electrons. The zero-order valence-corrected chi connectivity index (χ0v) is 9.21. The Hall–Kier alpha value is -0.610. The lowest BCUT2D eigenvalue weighted by molar-refractivity contribution is -0.121. The number of hydrogen-bond donors (Lipinski definition) is 2. The fourth-order valence-corrected chi connectivity index (χ4v) is 1.69. The molecule has 0 aliphatic carbocycles. The quantitative estimate of drug-likeness (QED) is 0.641. The summed E-state index contributed by atoms with van der Waals surface area (Å²) in [4.78, 5) is 11.3. The number of ether oxygens (including phenoxy) is 1. The van der Waals surface area contributed by atoms with Gasteiger partial charge in [-0.05, 0) is 31.6 Å². The Morgan fingerprint density at radius 3 is 2.73 bits per heavy atom. The summed E-state index contributed by atoms with van der Waals surface area (Å²) >= 11 is 0. The molecule has 0 atom stereocenters. The molecule has 0 saturated carbocycles. The second-order valence-electron chi connectivity index (χ2n) is 4.04. The molecule has 1 fully saturated rings. The van der Waals surface area contributed by atoms with Crippen molar-refractivity contribution in [3.8, 4) is 0 Å². The van der Waals surface area contributed by atoms with Crippen molar-refractivity contribution in [2.75, 3.05) is 26.4 Å². The molecule has 1 heterocycles. The third kappa shape index (κ3) is 5.74. The number of hydrogen-bond acceptors (Lipinski definition) is 3. The van der Waals surface area contributed by atoms with Crippen LogP contribution in [0, 0.1) is 5.92 Å². The Morgan fingerprint density at radius 2 is 2.07 bits per heavy atom. The summed E-state index contributed by atoms with van der Waals surface area (Å²) in [6.45, 7) is 2.60. The number of aliphatic hydroxyl groups excluding tert-OH is 1. The van der Waals surface area contributed by atoms with Gasteiger partial charge in [0.05, 0.1) is 0 Å². The van der Waals surface area contributed by atoms with Gasteiger partial charge in [0.1, 0.15) is 0 Å². The van der Waals surface area contributed by atoms with Crippen LogP contribution in [0.3, 0.4) is 0 Å². The van der Waals surface area contributed by atoms with E-state index in [2.05, 4.69) is 5.32 Å². The molecule has 0 aromatic heterocycles. The number of unbranched alkanes of at least 4 members (excludes halogenated alkanes) is 1. The van der Waals surface area contributed by atoms with Crippen molar-refractivity contribution in [1.29, 1.82) is 0 Å². The van der Waals surface area contributed by atoms with Gasteiger partial charge >= 0.3 is 0 Å². The Labute approximate surface area is 91.0 Å². The fourth-order valence-electron chi connectivity index (χ4n) is 1.69. The van der Waals surface area contributed by atoms with Crippen LogP contribution in [0.25, 0.3) is 0 Å². The molecule has 0 aromatic carbocycles. The SMILES string of the molecule is O=C(CCCCO)NCC1CCOCC1. The highest BCUT2D eigenvalue weighted by molar-refractivity contribution is 5.75. The molecule has 1 aliphatic heterocycles. The zero-order valence-electron chi connectivity index (χ0n) is 9.21. The first-order valence-corrected chi connectivity index (χ1v) is 5.78. The molecule has 1 amide bonds. The number of carbonyl (C=O) groups excluding carboxylic acids is 1. The summed E-state index contributed by atoms with van der Waals surface area (Å²) in [5, 5.41) is 11.5. The van der Waals surface area contributed by atoms with Crippen LogP contribution >= 0.6 is 0 Å². The van der Waals surface area contributed by atoms with E-state index in [-0.39, 0.29) is 12.5 Å². The van der Waals surface area contributed by atoms with Gasteiger partial charge in [-0.15, -0.1) is 0 Å². The van der Waals surface area contributed by atoms with Gasteiger partial charge in [-0.1, -0.05) is 0 Å². The number of aliphatic hydroxyl groups is 1. The van der Waals surface area contributed by atoms with E-state index in [4.69, 9.17) is 9.84 Å². The molecule has 0 aromatic rings. The van der Waals surface area contributed by atoms with Crippen LogP contribution in [0.5, 0.6) is 0 Å². The highest BCUT2D eigenvalue weighted by Crippen LogP contribution is 2.13. The minimum absolute atomic E-state index is 0.106. The Bertz CT molecular complexity index is 179. The first-order chi connectivity index (χ1) is 7.33. The Balaban J connectivity index is 2.00. The number of nitrogens with one attached hydrogen (secondary N) is 1. The highest BCUT2D eigenvalue weighted by Gasteiger charge is 2.14. The van der Waals surface area contributed by atoms with E-state index in [1.54, 1.807) is 0 Å². The van der Waals surface area contributed by atoms with Gasteiger partial charge < -0.3 is 15.2 Å². The van der Waals surface area contributed by atoms with Gasteiger partial charge in [-0.25, -0.2) is 0 Å². The van der Waals surface area contributed by atoms with Crippen molar-refractivity contribution in [3.05, 3.63) is 0 Å². The van der Waals surface area contributed by atoms with Gasteiger partial charge in [0.2, 0.25) is 5.91 Å². The number of amides is 1. The second-order valence-corrected chi connectivity index (χ2v) is 4.04. The zero-order chi connectivity index (χ0) is 10.9. The van der Waals surface area contributed by atoms with Crippen LogP contribution in [0.1, 0.15) is 32.1 Å². The van der Waals surface area contributed by atoms with Crippen molar-refractivity contribution in [2.24, 2.45) is 5.92 Å². The lowest BCUT2D eigenvalue weighted by Crippen LogP contribution is -2.31. The van der Waals surface area contributed by atoms with Gasteiger partial charge in [-0.3, -0.25) is 4.79 Å². The summed E-state index contributed by atoms with van der Waals surface area (Å²) in [5.41, 5.74) is 0. The number of rotatable bonds is 6. The van der Waals surface area contributed by atoms with Crippen LogP contribution in [0.2, 0.25) is 0 Å². The first-order valence-electron chi connectivity index (χ1n) is 5.78. The van der Waals surface area contributed by atoms with Gasteiger partial charge in [0.15, 0.2) is 0 Å². The van der Waals surface area contributed by atoms with E-state index >= 15 is 0 Å². The second kappa shape index (κ2) is 7.65. The average molecular weight is 215 g/mol. The molecule has 0 spiro atoms. The molecule has 1 saturated heterocycles. The first kappa shape index (κ1) is 12.5. The molecule has 0 radical (unpaired) electrons. The van der Waals surface area contributed by atoms with E-state index < -0.39 is 0 Å². The topological polar surface area (TPSA) is 58.6 Å². The van der Waals surface area contributed by atoms with Gasteiger partial charge in [0.25, 0.3) is 0 Å². The monoisotopic (exact) mass is 215 g/mol. The maximum Gasteiger partial charge on any atom is 0.220 e. The van der Waals surface area contributed by atoms with E-state index in [0.717, 1.165) is 39.0 Å². The summed E-state index contributed by atoms with van der Waals surface area (Å²) < 4.78 is 5.25. The molecule has 1 rings (SSSR count). The summed E-state index contributed by atoms with van der Waals surface area (Å²) in [5.74, 6) is 0.690. The van der Waals surface area contributed by atoms with Crippen LogP contribution in [-0.4, -0.2) is 37.4 Å². The third-order valence-electron chi connectivity index (χ3n) is 2.74. The van der Waals surface area contributed by atoms with Crippen LogP contribution < -0.4 is 5.32 Å². The largest absolute Gasteiger partial charge is 0.396 e. The van der Waals surface area contributed by atoms with Crippen molar-refractivity contribution in [1.82, 2.24) is 5.32 Å². The third-order valence-corrected chi connectivity index (χ3v) is 2.74. The normalized spacial score (nSPS) is 17.7. The minimum Gasteiger partial charge on any atom is -0.396 e. The molecule has 0 bridgehead atoms. The minimum atomic E-state index is 0.106. The molecule has 4 heteroatoms. The van der Waals surface area contributed by atoms with E-state index in [1.165, 1.54) is 0 Å². The maximum absolute atomic E-state index is 11.3. The lowest BCUT2D eigenvalue weighted by atomic mass is 10.0. The molecular weight excluding hydrogens is 194 g/mol.